The molecule has 9 nitrogen and oxygen atoms in total. The first-order chi connectivity index (χ1) is 14.0. The first kappa shape index (κ1) is 20.0. The number of halogens is 1. The van der Waals surface area contributed by atoms with Crippen molar-refractivity contribution >= 4 is 34.8 Å². The van der Waals surface area contributed by atoms with E-state index in [2.05, 4.69) is 26.1 Å². The maximum absolute atomic E-state index is 12.1. The molecule has 0 unspecified atom stereocenters. The summed E-state index contributed by atoms with van der Waals surface area (Å²) in [5.74, 6) is -0.493. The van der Waals surface area contributed by atoms with Crippen LogP contribution in [-0.2, 0) is 17.8 Å². The molecular weight excluding hydrogens is 396 g/mol. The number of anilines is 2. The summed E-state index contributed by atoms with van der Waals surface area (Å²) in [7, 11) is 0. The zero-order valence-corrected chi connectivity index (χ0v) is 15.9. The molecule has 0 aliphatic carbocycles. The zero-order chi connectivity index (χ0) is 20.6. The van der Waals surface area contributed by atoms with Gasteiger partial charge in [0.05, 0.1) is 11.3 Å². The SMILES string of the molecule is O=C(Cc1ccccc1)NNc1ncnc(NCc2ccccc2Cl)c1[N+](=O)[O-]. The van der Waals surface area contributed by atoms with Crippen molar-refractivity contribution in [3.05, 3.63) is 87.2 Å². The minimum absolute atomic E-state index is 0.00438. The molecule has 0 aliphatic rings. The average molecular weight is 413 g/mol. The number of carbonyl (C=O) groups excluding carboxylic acids is 1. The molecule has 3 N–H and O–H groups in total. The first-order valence-corrected chi connectivity index (χ1v) is 8.98. The van der Waals surface area contributed by atoms with Crippen LogP contribution in [0.2, 0.25) is 5.02 Å². The highest BCUT2D eigenvalue weighted by molar-refractivity contribution is 6.31. The molecule has 0 fully saturated rings. The standard InChI is InChI=1S/C19H17ClN6O3/c20-15-9-5-4-8-14(15)11-21-18-17(26(28)29)19(23-12-22-18)25-24-16(27)10-13-6-2-1-3-7-13/h1-9,12H,10-11H2,(H,24,27)(H2,21,22,23,25). The van der Waals surface area contributed by atoms with Crippen LogP contribution in [0.5, 0.6) is 0 Å². The molecule has 1 aromatic heterocycles. The fraction of sp³-hybridized carbons (Fsp3) is 0.105. The summed E-state index contributed by atoms with van der Waals surface area (Å²) in [6.45, 7) is 0.233. The fourth-order valence-corrected chi connectivity index (χ4v) is 2.75. The summed E-state index contributed by atoms with van der Waals surface area (Å²) in [5.41, 5.74) is 6.11. The molecule has 0 radical (unpaired) electrons. The van der Waals surface area contributed by atoms with E-state index < -0.39 is 4.92 Å². The Balaban J connectivity index is 1.70. The normalized spacial score (nSPS) is 10.2. The van der Waals surface area contributed by atoms with Crippen LogP contribution >= 0.6 is 11.6 Å². The van der Waals surface area contributed by atoms with Crippen LogP contribution in [0, 0.1) is 10.1 Å². The number of amides is 1. The van der Waals surface area contributed by atoms with Gasteiger partial charge in [0.1, 0.15) is 6.33 Å². The lowest BCUT2D eigenvalue weighted by atomic mass is 10.1. The molecular formula is C19H17ClN6O3. The number of hydrazine groups is 1. The van der Waals surface area contributed by atoms with Crippen LogP contribution in [0.25, 0.3) is 0 Å². The van der Waals surface area contributed by atoms with Crippen molar-refractivity contribution in [3.63, 3.8) is 0 Å². The van der Waals surface area contributed by atoms with E-state index in [0.717, 1.165) is 17.5 Å². The van der Waals surface area contributed by atoms with Crippen LogP contribution < -0.4 is 16.2 Å². The van der Waals surface area contributed by atoms with E-state index in [4.69, 9.17) is 11.6 Å². The largest absolute Gasteiger partial charge is 0.360 e. The van der Waals surface area contributed by atoms with Crippen LogP contribution in [0.1, 0.15) is 11.1 Å². The molecule has 1 amide bonds. The molecule has 3 aromatic rings. The fourth-order valence-electron chi connectivity index (χ4n) is 2.55. The Kier molecular flexibility index (Phi) is 6.54. The summed E-state index contributed by atoms with van der Waals surface area (Å²) in [6.07, 6.45) is 1.28. The van der Waals surface area contributed by atoms with Gasteiger partial charge in [0.2, 0.25) is 17.5 Å². The lowest BCUT2D eigenvalue weighted by Gasteiger charge is -2.11. The molecule has 3 rings (SSSR count). The summed E-state index contributed by atoms with van der Waals surface area (Å²) in [5, 5.41) is 15.0. The van der Waals surface area contributed by atoms with E-state index in [1.807, 2.05) is 36.4 Å². The minimum Gasteiger partial charge on any atom is -0.360 e. The van der Waals surface area contributed by atoms with Gasteiger partial charge in [-0.1, -0.05) is 60.1 Å². The number of benzene rings is 2. The van der Waals surface area contributed by atoms with Crippen LogP contribution in [0.15, 0.2) is 60.9 Å². The van der Waals surface area contributed by atoms with Crippen LogP contribution in [0.3, 0.4) is 0 Å². The number of hydrogen-bond donors (Lipinski definition) is 3. The molecule has 0 aliphatic heterocycles. The van der Waals surface area contributed by atoms with Gasteiger partial charge in [0.25, 0.3) is 0 Å². The van der Waals surface area contributed by atoms with Crippen molar-refractivity contribution in [2.75, 3.05) is 10.7 Å². The molecule has 2 aromatic carbocycles. The van der Waals surface area contributed by atoms with E-state index in [0.29, 0.717) is 5.02 Å². The first-order valence-electron chi connectivity index (χ1n) is 8.60. The van der Waals surface area contributed by atoms with Crippen molar-refractivity contribution < 1.29 is 9.72 Å². The van der Waals surface area contributed by atoms with E-state index in [1.165, 1.54) is 0 Å². The van der Waals surface area contributed by atoms with Crippen molar-refractivity contribution in [2.45, 2.75) is 13.0 Å². The second-order valence-electron chi connectivity index (χ2n) is 5.96. The third-order valence-electron chi connectivity index (χ3n) is 3.94. The molecule has 0 bridgehead atoms. The Morgan fingerprint density at radius 3 is 2.45 bits per heavy atom. The number of hydrogen-bond acceptors (Lipinski definition) is 7. The monoisotopic (exact) mass is 412 g/mol. The van der Waals surface area contributed by atoms with E-state index >= 15 is 0 Å². The van der Waals surface area contributed by atoms with E-state index in [1.54, 1.807) is 18.2 Å². The van der Waals surface area contributed by atoms with Gasteiger partial charge in [-0.3, -0.25) is 25.8 Å². The number of nitrogens with one attached hydrogen (secondary N) is 3. The highest BCUT2D eigenvalue weighted by atomic mass is 35.5. The molecule has 0 spiro atoms. The van der Waals surface area contributed by atoms with Gasteiger partial charge in [-0.05, 0) is 17.2 Å². The summed E-state index contributed by atoms with van der Waals surface area (Å²) in [6, 6.07) is 16.2. The predicted molar refractivity (Wildman–Crippen MR) is 109 cm³/mol. The number of nitrogens with zero attached hydrogens (tertiary/aromatic N) is 3. The average Bonchev–Trinajstić information content (AvgIpc) is 2.72. The second-order valence-corrected chi connectivity index (χ2v) is 6.36. The number of aromatic nitrogens is 2. The molecule has 148 valence electrons. The summed E-state index contributed by atoms with van der Waals surface area (Å²) >= 11 is 6.11. The Labute approximate surface area is 171 Å². The van der Waals surface area contributed by atoms with Gasteiger partial charge in [-0.25, -0.2) is 9.97 Å². The Bertz CT molecular complexity index is 1020. The highest BCUT2D eigenvalue weighted by Crippen LogP contribution is 2.29. The number of nitro groups is 1. The molecule has 29 heavy (non-hydrogen) atoms. The molecule has 0 atom stereocenters. The smallest absolute Gasteiger partial charge is 0.354 e. The van der Waals surface area contributed by atoms with Crippen molar-refractivity contribution in [3.8, 4) is 0 Å². The van der Waals surface area contributed by atoms with Gasteiger partial charge in [-0.2, -0.15) is 0 Å². The maximum Gasteiger partial charge on any atom is 0.354 e. The highest BCUT2D eigenvalue weighted by Gasteiger charge is 2.23. The van der Waals surface area contributed by atoms with E-state index in [-0.39, 0.29) is 36.2 Å². The Morgan fingerprint density at radius 2 is 1.72 bits per heavy atom. The lowest BCUT2D eigenvalue weighted by molar-refractivity contribution is -0.383. The summed E-state index contributed by atoms with van der Waals surface area (Å²) in [4.78, 5) is 30.8. The second kappa shape index (κ2) is 9.47. The minimum atomic E-state index is -0.624. The predicted octanol–water partition coefficient (Wildman–Crippen LogP) is 3.34. The van der Waals surface area contributed by atoms with Crippen LogP contribution in [0.4, 0.5) is 17.3 Å². The van der Waals surface area contributed by atoms with Gasteiger partial charge in [0.15, 0.2) is 0 Å². The number of rotatable bonds is 8. The van der Waals surface area contributed by atoms with E-state index in [9.17, 15) is 14.9 Å². The number of carbonyl (C=O) groups is 1. The van der Waals surface area contributed by atoms with Gasteiger partial charge in [-0.15, -0.1) is 0 Å². The molecule has 0 saturated heterocycles. The zero-order valence-electron chi connectivity index (χ0n) is 15.1. The third kappa shape index (κ3) is 5.39. The maximum atomic E-state index is 12.1. The Morgan fingerprint density at radius 1 is 1.03 bits per heavy atom. The van der Waals surface area contributed by atoms with Crippen molar-refractivity contribution in [1.29, 1.82) is 0 Å². The van der Waals surface area contributed by atoms with Gasteiger partial charge < -0.3 is 5.32 Å². The summed E-state index contributed by atoms with van der Waals surface area (Å²) < 4.78 is 0. The van der Waals surface area contributed by atoms with Crippen molar-refractivity contribution in [2.24, 2.45) is 0 Å². The van der Waals surface area contributed by atoms with Gasteiger partial charge in [0, 0.05) is 11.6 Å². The molecule has 10 heteroatoms. The Hall–Kier alpha value is -3.72. The molecule has 1 heterocycles. The lowest BCUT2D eigenvalue weighted by Crippen LogP contribution is -2.31. The topological polar surface area (TPSA) is 122 Å². The van der Waals surface area contributed by atoms with Gasteiger partial charge >= 0.3 is 5.69 Å². The molecule has 0 saturated carbocycles. The third-order valence-corrected chi connectivity index (χ3v) is 4.31. The quantitative estimate of drug-likeness (QED) is 0.383. The van der Waals surface area contributed by atoms with Crippen molar-refractivity contribution in [1.82, 2.24) is 15.4 Å². The van der Waals surface area contributed by atoms with Crippen LogP contribution in [-0.4, -0.2) is 20.8 Å².